The van der Waals surface area contributed by atoms with Gasteiger partial charge in [-0.3, -0.25) is 14.5 Å². The molecule has 1 heterocycles. The van der Waals surface area contributed by atoms with Gasteiger partial charge in [-0.1, -0.05) is 24.3 Å². The predicted octanol–water partition coefficient (Wildman–Crippen LogP) is 2.08. The Hall–Kier alpha value is -2.36. The van der Waals surface area contributed by atoms with E-state index < -0.39 is 0 Å². The maximum absolute atomic E-state index is 12.5. The zero-order chi connectivity index (χ0) is 13.7. The van der Waals surface area contributed by atoms with Gasteiger partial charge in [0, 0.05) is 17.0 Å². The Morgan fingerprint density at radius 1 is 1.20 bits per heavy atom. The van der Waals surface area contributed by atoms with Crippen LogP contribution in [0.4, 0.5) is 5.69 Å². The van der Waals surface area contributed by atoms with Crippen LogP contribution in [-0.4, -0.2) is 24.4 Å². The highest BCUT2D eigenvalue weighted by Gasteiger charge is 2.32. The molecule has 0 bridgehead atoms. The average Bonchev–Trinajstić information content (AvgIpc) is 3.22. The summed E-state index contributed by atoms with van der Waals surface area (Å²) in [6.45, 7) is 0.100. The zero-order valence-corrected chi connectivity index (χ0v) is 10.9. The molecule has 4 rings (SSSR count). The van der Waals surface area contributed by atoms with Crippen LogP contribution in [-0.2, 0) is 4.79 Å². The number of nitrogens with one attached hydrogen (secondary N) is 1. The van der Waals surface area contributed by atoms with Gasteiger partial charge in [-0.2, -0.15) is 0 Å². The molecule has 20 heavy (non-hydrogen) atoms. The molecule has 2 aromatic carbocycles. The summed E-state index contributed by atoms with van der Waals surface area (Å²) in [7, 11) is 0. The number of anilines is 1. The lowest BCUT2D eigenvalue weighted by atomic mass is 10.1. The maximum Gasteiger partial charge on any atom is 0.259 e. The summed E-state index contributed by atoms with van der Waals surface area (Å²) >= 11 is 0. The third-order valence-corrected chi connectivity index (χ3v) is 3.89. The molecule has 4 heteroatoms. The lowest BCUT2D eigenvalue weighted by molar-refractivity contribution is -0.119. The molecule has 0 aromatic heterocycles. The quantitative estimate of drug-likeness (QED) is 0.924. The number of benzene rings is 2. The summed E-state index contributed by atoms with van der Waals surface area (Å²) < 4.78 is 0. The largest absolute Gasteiger partial charge is 0.352 e. The molecule has 0 saturated heterocycles. The molecular formula is C16H14N2O2. The Bertz CT molecular complexity index is 729. The second-order valence-corrected chi connectivity index (χ2v) is 5.41. The van der Waals surface area contributed by atoms with Crippen LogP contribution >= 0.6 is 0 Å². The molecule has 1 aliphatic heterocycles. The van der Waals surface area contributed by atoms with Crippen LogP contribution in [0.1, 0.15) is 23.2 Å². The third kappa shape index (κ3) is 1.68. The van der Waals surface area contributed by atoms with E-state index in [9.17, 15) is 9.59 Å². The lowest BCUT2D eigenvalue weighted by Gasteiger charge is -2.17. The van der Waals surface area contributed by atoms with Crippen molar-refractivity contribution < 1.29 is 9.59 Å². The van der Waals surface area contributed by atoms with Crippen molar-refractivity contribution in [3.8, 4) is 0 Å². The van der Waals surface area contributed by atoms with Crippen molar-refractivity contribution in [3.05, 3.63) is 42.0 Å². The number of carbonyl (C=O) groups is 2. The molecule has 2 amide bonds. The summed E-state index contributed by atoms with van der Waals surface area (Å²) in [6.07, 6.45) is 2.10. The lowest BCUT2D eigenvalue weighted by Crippen LogP contribution is -2.39. The Morgan fingerprint density at radius 3 is 2.70 bits per heavy atom. The molecule has 0 spiro atoms. The maximum atomic E-state index is 12.5. The summed E-state index contributed by atoms with van der Waals surface area (Å²) in [4.78, 5) is 26.0. The van der Waals surface area contributed by atoms with E-state index in [1.165, 1.54) is 0 Å². The fourth-order valence-corrected chi connectivity index (χ4v) is 2.78. The first-order chi connectivity index (χ1) is 9.74. The number of hydrogen-bond donors (Lipinski definition) is 1. The normalized spacial score (nSPS) is 16.8. The molecule has 1 saturated carbocycles. The number of carbonyl (C=O) groups excluding carboxylic acids is 2. The summed E-state index contributed by atoms with van der Waals surface area (Å²) in [5.41, 5.74) is 1.53. The van der Waals surface area contributed by atoms with E-state index in [1.54, 1.807) is 4.90 Å². The second-order valence-electron chi connectivity index (χ2n) is 5.41. The highest BCUT2D eigenvalue weighted by Crippen LogP contribution is 2.36. The molecule has 100 valence electrons. The van der Waals surface area contributed by atoms with Crippen molar-refractivity contribution >= 4 is 28.3 Å². The van der Waals surface area contributed by atoms with E-state index in [2.05, 4.69) is 5.32 Å². The first kappa shape index (κ1) is 11.5. The average molecular weight is 266 g/mol. The second kappa shape index (κ2) is 4.07. The van der Waals surface area contributed by atoms with E-state index >= 15 is 0 Å². The van der Waals surface area contributed by atoms with Gasteiger partial charge >= 0.3 is 0 Å². The van der Waals surface area contributed by atoms with Crippen molar-refractivity contribution in [2.45, 2.75) is 18.9 Å². The first-order valence-corrected chi connectivity index (χ1v) is 6.87. The van der Waals surface area contributed by atoms with Crippen molar-refractivity contribution in [3.63, 3.8) is 0 Å². The van der Waals surface area contributed by atoms with Gasteiger partial charge in [0.05, 0.1) is 5.69 Å². The van der Waals surface area contributed by atoms with E-state index in [0.717, 1.165) is 29.3 Å². The van der Waals surface area contributed by atoms with Crippen molar-refractivity contribution in [1.82, 2.24) is 5.32 Å². The molecular weight excluding hydrogens is 252 g/mol. The summed E-state index contributed by atoms with van der Waals surface area (Å²) in [6, 6.07) is 11.8. The van der Waals surface area contributed by atoms with Gasteiger partial charge in [0.1, 0.15) is 6.54 Å². The fourth-order valence-electron chi connectivity index (χ4n) is 2.78. The Morgan fingerprint density at radius 2 is 1.95 bits per heavy atom. The zero-order valence-electron chi connectivity index (χ0n) is 10.9. The van der Waals surface area contributed by atoms with E-state index in [1.807, 2.05) is 36.4 Å². The van der Waals surface area contributed by atoms with Gasteiger partial charge in [-0.15, -0.1) is 0 Å². The molecule has 2 aliphatic rings. The SMILES string of the molecule is O=C(CN1C(=O)c2cccc3cccc1c23)NC1CC1. The third-order valence-electron chi connectivity index (χ3n) is 3.89. The van der Waals surface area contributed by atoms with Crippen LogP contribution in [0.3, 0.4) is 0 Å². The van der Waals surface area contributed by atoms with E-state index in [0.29, 0.717) is 11.6 Å². The van der Waals surface area contributed by atoms with Crippen LogP contribution in [0.5, 0.6) is 0 Å². The highest BCUT2D eigenvalue weighted by molar-refractivity contribution is 6.26. The number of rotatable bonds is 3. The van der Waals surface area contributed by atoms with Crippen LogP contribution in [0.2, 0.25) is 0 Å². The molecule has 1 fully saturated rings. The molecule has 1 aliphatic carbocycles. The van der Waals surface area contributed by atoms with Gasteiger partial charge in [0.2, 0.25) is 5.91 Å². The summed E-state index contributed by atoms with van der Waals surface area (Å²) in [5.74, 6) is -0.159. The van der Waals surface area contributed by atoms with E-state index in [-0.39, 0.29) is 18.4 Å². The minimum Gasteiger partial charge on any atom is -0.352 e. The van der Waals surface area contributed by atoms with Crippen molar-refractivity contribution in [2.75, 3.05) is 11.4 Å². The van der Waals surface area contributed by atoms with Crippen LogP contribution in [0.15, 0.2) is 36.4 Å². The monoisotopic (exact) mass is 266 g/mol. The predicted molar refractivity (Wildman–Crippen MR) is 76.8 cm³/mol. The fraction of sp³-hybridized carbons (Fsp3) is 0.250. The van der Waals surface area contributed by atoms with Crippen LogP contribution in [0.25, 0.3) is 10.8 Å². The molecule has 1 N–H and O–H groups in total. The number of amides is 2. The first-order valence-electron chi connectivity index (χ1n) is 6.87. The molecule has 0 atom stereocenters. The topological polar surface area (TPSA) is 49.4 Å². The molecule has 4 nitrogen and oxygen atoms in total. The Kier molecular flexibility index (Phi) is 2.33. The Balaban J connectivity index is 1.71. The van der Waals surface area contributed by atoms with Crippen LogP contribution in [0, 0.1) is 0 Å². The van der Waals surface area contributed by atoms with Crippen molar-refractivity contribution in [1.29, 1.82) is 0 Å². The molecule has 0 radical (unpaired) electrons. The van der Waals surface area contributed by atoms with Gasteiger partial charge in [0.15, 0.2) is 0 Å². The number of hydrogen-bond acceptors (Lipinski definition) is 2. The Labute approximate surface area is 116 Å². The van der Waals surface area contributed by atoms with Gasteiger partial charge in [-0.05, 0) is 30.4 Å². The smallest absolute Gasteiger partial charge is 0.259 e. The van der Waals surface area contributed by atoms with Gasteiger partial charge < -0.3 is 5.32 Å². The minimum atomic E-state index is -0.0808. The van der Waals surface area contributed by atoms with Crippen LogP contribution < -0.4 is 10.2 Å². The standard InChI is InChI=1S/C16H14N2O2/c19-14(17-11-7-8-11)9-18-13-6-2-4-10-3-1-5-12(15(10)13)16(18)20/h1-6,11H,7-9H2,(H,17,19). The molecule has 2 aromatic rings. The minimum absolute atomic E-state index is 0.0781. The highest BCUT2D eigenvalue weighted by atomic mass is 16.2. The summed E-state index contributed by atoms with van der Waals surface area (Å²) in [5, 5.41) is 4.93. The van der Waals surface area contributed by atoms with Gasteiger partial charge in [0.25, 0.3) is 5.91 Å². The number of nitrogens with zero attached hydrogens (tertiary/aromatic N) is 1. The van der Waals surface area contributed by atoms with E-state index in [4.69, 9.17) is 0 Å². The molecule has 0 unspecified atom stereocenters. The van der Waals surface area contributed by atoms with Crippen molar-refractivity contribution in [2.24, 2.45) is 0 Å². The van der Waals surface area contributed by atoms with Gasteiger partial charge in [-0.25, -0.2) is 0 Å².